The quantitative estimate of drug-likeness (QED) is 0.489. The van der Waals surface area contributed by atoms with Crippen molar-refractivity contribution in [2.24, 2.45) is 5.73 Å². The van der Waals surface area contributed by atoms with Crippen molar-refractivity contribution in [3.63, 3.8) is 0 Å². The van der Waals surface area contributed by atoms with E-state index in [1.165, 1.54) is 11.3 Å². The van der Waals surface area contributed by atoms with Gasteiger partial charge in [0, 0.05) is 0 Å². The van der Waals surface area contributed by atoms with E-state index in [0.29, 0.717) is 11.6 Å². The molecule has 7 nitrogen and oxygen atoms in total. The predicted molar refractivity (Wildman–Crippen MR) is 84.4 cm³/mol. The summed E-state index contributed by atoms with van der Waals surface area (Å²) in [6.07, 6.45) is 2.43. The third kappa shape index (κ3) is 5.97. The molecule has 1 rings (SSSR count). The number of thioether (sulfide) groups is 2. The number of primary amides is 1. The summed E-state index contributed by atoms with van der Waals surface area (Å²) in [6, 6.07) is -1.38. The lowest BCUT2D eigenvalue weighted by molar-refractivity contribution is -0.117. The summed E-state index contributed by atoms with van der Waals surface area (Å²) < 4.78 is 0.798. The topological polar surface area (TPSA) is 110 Å². The van der Waals surface area contributed by atoms with Crippen molar-refractivity contribution in [1.29, 1.82) is 0 Å². The molecule has 0 spiro atoms. The molecule has 0 saturated carbocycles. The van der Waals surface area contributed by atoms with E-state index in [0.717, 1.165) is 15.8 Å². The summed E-state index contributed by atoms with van der Waals surface area (Å²) in [5.74, 6) is 1.30. The van der Waals surface area contributed by atoms with Gasteiger partial charge in [0.1, 0.15) is 6.04 Å². The molecular weight excluding hydrogens is 318 g/mol. The van der Waals surface area contributed by atoms with Gasteiger partial charge in [-0.2, -0.15) is 11.8 Å². The van der Waals surface area contributed by atoms with E-state index in [9.17, 15) is 9.59 Å². The molecule has 20 heavy (non-hydrogen) atoms. The molecule has 10 heteroatoms. The maximum atomic E-state index is 12.1. The molecule has 1 heterocycles. The van der Waals surface area contributed by atoms with E-state index >= 15 is 0 Å². The van der Waals surface area contributed by atoms with Crippen molar-refractivity contribution in [2.75, 3.05) is 23.1 Å². The number of hydrogen-bond donors (Lipinski definition) is 3. The lowest BCUT2D eigenvalue weighted by Crippen LogP contribution is -2.46. The van der Waals surface area contributed by atoms with Crippen LogP contribution in [0.1, 0.15) is 13.3 Å². The Morgan fingerprint density at radius 1 is 1.45 bits per heavy atom. The number of carbonyl (C=O) groups is 2. The van der Waals surface area contributed by atoms with Gasteiger partial charge in [-0.25, -0.2) is 4.79 Å². The van der Waals surface area contributed by atoms with Gasteiger partial charge in [0.15, 0.2) is 4.34 Å². The maximum absolute atomic E-state index is 12.1. The van der Waals surface area contributed by atoms with Crippen LogP contribution in [0, 0.1) is 0 Å². The lowest BCUT2D eigenvalue weighted by Gasteiger charge is -2.15. The fourth-order valence-electron chi connectivity index (χ4n) is 1.31. The highest BCUT2D eigenvalue weighted by Crippen LogP contribution is 2.25. The molecular formula is C10H17N5O2S3. The number of nitrogens with two attached hydrogens (primary N) is 1. The monoisotopic (exact) mass is 335 g/mol. The molecule has 0 fully saturated rings. The number of amides is 3. The molecule has 1 atom stereocenters. The highest BCUT2D eigenvalue weighted by atomic mass is 32.2. The summed E-state index contributed by atoms with van der Waals surface area (Å²) in [5.41, 5.74) is 5.07. The summed E-state index contributed by atoms with van der Waals surface area (Å²) >= 11 is 4.45. The van der Waals surface area contributed by atoms with Gasteiger partial charge in [0.25, 0.3) is 0 Å². The van der Waals surface area contributed by atoms with E-state index in [1.807, 2.05) is 13.2 Å². The van der Waals surface area contributed by atoms with Crippen LogP contribution in [-0.4, -0.2) is 45.9 Å². The maximum Gasteiger partial charge on any atom is 0.312 e. The zero-order valence-corrected chi connectivity index (χ0v) is 13.7. The summed E-state index contributed by atoms with van der Waals surface area (Å²) in [6.45, 7) is 2.01. The molecule has 0 bridgehead atoms. The van der Waals surface area contributed by atoms with Gasteiger partial charge in [-0.1, -0.05) is 30.0 Å². The number of nitrogens with zero attached hydrogens (tertiary/aromatic N) is 2. The first-order valence-electron chi connectivity index (χ1n) is 5.88. The second-order valence-corrected chi connectivity index (χ2v) is 7.11. The zero-order valence-electron chi connectivity index (χ0n) is 11.2. The Hall–Kier alpha value is -1.00. The Bertz CT molecular complexity index is 454. The van der Waals surface area contributed by atoms with Gasteiger partial charge >= 0.3 is 6.03 Å². The fourth-order valence-corrected chi connectivity index (χ4v) is 3.43. The number of hydrogen-bond acceptors (Lipinski definition) is 7. The van der Waals surface area contributed by atoms with E-state index < -0.39 is 12.1 Å². The van der Waals surface area contributed by atoms with Crippen LogP contribution in [0.5, 0.6) is 0 Å². The minimum Gasteiger partial charge on any atom is -0.352 e. The van der Waals surface area contributed by atoms with E-state index in [2.05, 4.69) is 20.8 Å². The molecule has 112 valence electrons. The van der Waals surface area contributed by atoms with Gasteiger partial charge in [-0.05, 0) is 24.2 Å². The fraction of sp³-hybridized carbons (Fsp3) is 0.600. The Morgan fingerprint density at radius 2 is 2.20 bits per heavy atom. The number of nitrogens with one attached hydrogen (secondary N) is 2. The van der Waals surface area contributed by atoms with E-state index in [4.69, 9.17) is 5.73 Å². The van der Waals surface area contributed by atoms with Crippen LogP contribution in [0.4, 0.5) is 9.93 Å². The van der Waals surface area contributed by atoms with Gasteiger partial charge in [-0.3, -0.25) is 10.1 Å². The number of urea groups is 1. The number of anilines is 1. The Balaban J connectivity index is 2.60. The second-order valence-electron chi connectivity index (χ2n) is 3.64. The molecule has 1 aromatic heterocycles. The SMILES string of the molecule is CCSc1nnc(NC(=O)[C@@H](CCSC)NC(N)=O)s1. The van der Waals surface area contributed by atoms with Crippen molar-refractivity contribution in [3.8, 4) is 0 Å². The third-order valence-electron chi connectivity index (χ3n) is 2.15. The highest BCUT2D eigenvalue weighted by Gasteiger charge is 2.20. The largest absolute Gasteiger partial charge is 0.352 e. The van der Waals surface area contributed by atoms with Crippen molar-refractivity contribution < 1.29 is 9.59 Å². The zero-order chi connectivity index (χ0) is 15.0. The first-order valence-corrected chi connectivity index (χ1v) is 9.08. The minimum atomic E-state index is -0.717. The molecule has 0 saturated heterocycles. The summed E-state index contributed by atoms with van der Waals surface area (Å²) in [4.78, 5) is 23.0. The number of aromatic nitrogens is 2. The number of rotatable bonds is 8. The van der Waals surface area contributed by atoms with Crippen LogP contribution >= 0.6 is 34.9 Å². The predicted octanol–water partition coefficient (Wildman–Crippen LogP) is 1.38. The first kappa shape index (κ1) is 17.1. The van der Waals surface area contributed by atoms with Gasteiger partial charge in [0.05, 0.1) is 0 Å². The third-order valence-corrected chi connectivity index (χ3v) is 4.65. The van der Waals surface area contributed by atoms with Crippen molar-refractivity contribution in [3.05, 3.63) is 0 Å². The van der Waals surface area contributed by atoms with E-state index in [1.54, 1.807) is 23.5 Å². The van der Waals surface area contributed by atoms with Crippen LogP contribution in [-0.2, 0) is 4.79 Å². The highest BCUT2D eigenvalue weighted by molar-refractivity contribution is 8.01. The van der Waals surface area contributed by atoms with Crippen molar-refractivity contribution >= 4 is 51.9 Å². The van der Waals surface area contributed by atoms with E-state index in [-0.39, 0.29) is 5.91 Å². The molecule has 0 aromatic carbocycles. The molecule has 1 aromatic rings. The smallest absolute Gasteiger partial charge is 0.312 e. The standard InChI is InChI=1S/C10H17N5O2S3/c1-3-19-10-15-14-9(20-10)13-7(16)6(4-5-18-2)12-8(11)17/h6H,3-5H2,1-2H3,(H3,11,12,17)(H,13,14,16)/t6-/m1/s1. The average molecular weight is 335 g/mol. The molecule has 0 aliphatic rings. The molecule has 4 N–H and O–H groups in total. The van der Waals surface area contributed by atoms with Crippen LogP contribution in [0.25, 0.3) is 0 Å². The summed E-state index contributed by atoms with van der Waals surface area (Å²) in [5, 5.41) is 13.3. The van der Waals surface area contributed by atoms with Crippen LogP contribution < -0.4 is 16.4 Å². The molecule has 0 radical (unpaired) electrons. The van der Waals surface area contributed by atoms with Crippen LogP contribution in [0.3, 0.4) is 0 Å². The Morgan fingerprint density at radius 3 is 2.80 bits per heavy atom. The molecule has 0 aliphatic heterocycles. The average Bonchev–Trinajstić information content (AvgIpc) is 2.81. The normalized spacial score (nSPS) is 11.9. The lowest BCUT2D eigenvalue weighted by atomic mass is 10.2. The van der Waals surface area contributed by atoms with Crippen molar-refractivity contribution in [2.45, 2.75) is 23.7 Å². The Labute approximate surface area is 129 Å². The van der Waals surface area contributed by atoms with Crippen LogP contribution in [0.15, 0.2) is 4.34 Å². The Kier molecular flexibility index (Phi) is 7.70. The molecule has 0 aliphatic carbocycles. The molecule has 0 unspecified atom stereocenters. The summed E-state index contributed by atoms with van der Waals surface area (Å²) in [7, 11) is 0. The molecule has 3 amide bonds. The van der Waals surface area contributed by atoms with Gasteiger partial charge in [-0.15, -0.1) is 10.2 Å². The minimum absolute atomic E-state index is 0.331. The number of carbonyl (C=O) groups excluding carboxylic acids is 2. The van der Waals surface area contributed by atoms with Gasteiger partial charge < -0.3 is 11.1 Å². The van der Waals surface area contributed by atoms with Crippen LogP contribution in [0.2, 0.25) is 0 Å². The van der Waals surface area contributed by atoms with Crippen molar-refractivity contribution in [1.82, 2.24) is 15.5 Å². The second kappa shape index (κ2) is 9.03. The van der Waals surface area contributed by atoms with Gasteiger partial charge in [0.2, 0.25) is 11.0 Å². The first-order chi connectivity index (χ1) is 9.56.